The van der Waals surface area contributed by atoms with Crippen molar-refractivity contribution in [3.05, 3.63) is 60.3 Å². The Kier molecular flexibility index (Phi) is 6.76. The van der Waals surface area contributed by atoms with Gasteiger partial charge in [0.25, 0.3) is 0 Å². The highest BCUT2D eigenvalue weighted by Crippen LogP contribution is 2.07. The summed E-state index contributed by atoms with van der Waals surface area (Å²) in [5, 5.41) is 0. The zero-order valence-electron chi connectivity index (χ0n) is 13.6. The topological polar surface area (TPSA) is 72.6 Å². The molecule has 0 unspecified atom stereocenters. The molecule has 0 fully saturated rings. The second-order valence-corrected chi connectivity index (χ2v) is 4.98. The number of esters is 1. The molecule has 0 saturated heterocycles. The Labute approximate surface area is 140 Å². The molecule has 0 aliphatic heterocycles. The van der Waals surface area contributed by atoms with Crippen molar-refractivity contribution < 1.29 is 18.7 Å². The van der Waals surface area contributed by atoms with Crippen molar-refractivity contribution in [2.45, 2.75) is 19.9 Å². The van der Waals surface area contributed by atoms with E-state index in [1.54, 1.807) is 36.2 Å². The Bertz CT molecular complexity index is 666. The molecule has 6 heteroatoms. The Morgan fingerprint density at radius 2 is 2.17 bits per heavy atom. The van der Waals surface area contributed by atoms with E-state index >= 15 is 0 Å². The average Bonchev–Trinajstić information content (AvgIpc) is 3.11. The van der Waals surface area contributed by atoms with E-state index in [0.29, 0.717) is 18.9 Å². The van der Waals surface area contributed by atoms with E-state index in [1.807, 2.05) is 18.2 Å². The molecule has 0 spiro atoms. The number of hydrogen-bond acceptors (Lipinski definition) is 5. The van der Waals surface area contributed by atoms with Crippen LogP contribution in [0.1, 0.15) is 24.8 Å². The van der Waals surface area contributed by atoms with Crippen LogP contribution >= 0.6 is 0 Å². The summed E-state index contributed by atoms with van der Waals surface area (Å²) in [6.07, 6.45) is 6.37. The van der Waals surface area contributed by atoms with Crippen LogP contribution in [0.25, 0.3) is 6.08 Å². The largest absolute Gasteiger partial charge is 0.466 e. The number of nitrogens with zero attached hydrogens (tertiary/aromatic N) is 2. The number of ether oxygens (including phenoxy) is 1. The van der Waals surface area contributed by atoms with Gasteiger partial charge in [-0.2, -0.15) is 0 Å². The molecule has 0 aliphatic carbocycles. The van der Waals surface area contributed by atoms with Crippen LogP contribution in [-0.4, -0.2) is 34.9 Å². The van der Waals surface area contributed by atoms with E-state index in [0.717, 1.165) is 5.69 Å². The summed E-state index contributed by atoms with van der Waals surface area (Å²) in [6, 6.07) is 9.00. The Hall–Kier alpha value is -2.89. The van der Waals surface area contributed by atoms with Gasteiger partial charge in [0.1, 0.15) is 5.76 Å². The van der Waals surface area contributed by atoms with Gasteiger partial charge in [0, 0.05) is 18.8 Å². The van der Waals surface area contributed by atoms with Gasteiger partial charge in [-0.25, -0.2) is 0 Å². The molecule has 0 radical (unpaired) electrons. The van der Waals surface area contributed by atoms with Crippen molar-refractivity contribution in [1.82, 2.24) is 9.88 Å². The van der Waals surface area contributed by atoms with Crippen molar-refractivity contribution in [2.24, 2.45) is 0 Å². The van der Waals surface area contributed by atoms with Gasteiger partial charge >= 0.3 is 5.97 Å². The molecule has 0 saturated carbocycles. The highest BCUT2D eigenvalue weighted by Gasteiger charge is 2.14. The first-order valence-electron chi connectivity index (χ1n) is 7.75. The van der Waals surface area contributed by atoms with E-state index in [2.05, 4.69) is 4.98 Å². The minimum atomic E-state index is -0.327. The predicted octanol–water partition coefficient (Wildman–Crippen LogP) is 2.67. The number of furan rings is 1. The van der Waals surface area contributed by atoms with Crippen LogP contribution in [-0.2, 0) is 20.9 Å². The maximum atomic E-state index is 12.4. The second-order valence-electron chi connectivity index (χ2n) is 4.98. The number of rotatable bonds is 8. The molecule has 2 heterocycles. The summed E-state index contributed by atoms with van der Waals surface area (Å²) < 4.78 is 10.1. The van der Waals surface area contributed by atoms with Crippen molar-refractivity contribution >= 4 is 18.0 Å². The van der Waals surface area contributed by atoms with Crippen LogP contribution < -0.4 is 0 Å². The molecule has 0 N–H and O–H groups in total. The summed E-state index contributed by atoms with van der Waals surface area (Å²) >= 11 is 0. The van der Waals surface area contributed by atoms with E-state index in [1.165, 1.54) is 12.3 Å². The van der Waals surface area contributed by atoms with Gasteiger partial charge in [-0.15, -0.1) is 0 Å². The summed E-state index contributed by atoms with van der Waals surface area (Å²) in [5.41, 5.74) is 0.751. The lowest BCUT2D eigenvalue weighted by atomic mass is 10.3. The lowest BCUT2D eigenvalue weighted by Crippen LogP contribution is -2.31. The Balaban J connectivity index is 2.03. The molecule has 0 aromatic carbocycles. The summed E-state index contributed by atoms with van der Waals surface area (Å²) in [4.78, 5) is 29.8. The van der Waals surface area contributed by atoms with Gasteiger partial charge in [0.05, 0.1) is 31.5 Å². The summed E-state index contributed by atoms with van der Waals surface area (Å²) in [7, 11) is 0. The Morgan fingerprint density at radius 3 is 2.83 bits per heavy atom. The Morgan fingerprint density at radius 1 is 1.29 bits per heavy atom. The van der Waals surface area contributed by atoms with Gasteiger partial charge in [-0.1, -0.05) is 6.07 Å². The molecule has 2 aromatic rings. The molecule has 24 heavy (non-hydrogen) atoms. The van der Waals surface area contributed by atoms with Crippen molar-refractivity contribution in [1.29, 1.82) is 0 Å². The fraction of sp³-hybridized carbons (Fsp3) is 0.278. The molecule has 0 atom stereocenters. The lowest BCUT2D eigenvalue weighted by Gasteiger charge is -2.20. The van der Waals surface area contributed by atoms with Crippen LogP contribution in [0.15, 0.2) is 53.3 Å². The SMILES string of the molecule is CCOC(=O)CCN(Cc1ccccn1)C(=O)/C=C/c1ccco1. The van der Waals surface area contributed by atoms with Crippen LogP contribution in [0.3, 0.4) is 0 Å². The minimum Gasteiger partial charge on any atom is -0.466 e. The van der Waals surface area contributed by atoms with Gasteiger partial charge < -0.3 is 14.1 Å². The number of carbonyl (C=O) groups excluding carboxylic acids is 2. The zero-order chi connectivity index (χ0) is 17.2. The van der Waals surface area contributed by atoms with E-state index in [4.69, 9.17) is 9.15 Å². The average molecular weight is 328 g/mol. The second kappa shape index (κ2) is 9.29. The molecule has 1 amide bonds. The monoisotopic (exact) mass is 328 g/mol. The molecule has 126 valence electrons. The molecule has 2 aromatic heterocycles. The summed E-state index contributed by atoms with van der Waals surface area (Å²) in [5.74, 6) is 0.0409. The zero-order valence-corrected chi connectivity index (χ0v) is 13.6. The lowest BCUT2D eigenvalue weighted by molar-refractivity contribution is -0.143. The van der Waals surface area contributed by atoms with Crippen molar-refractivity contribution in [3.8, 4) is 0 Å². The van der Waals surface area contributed by atoms with Crippen molar-refractivity contribution in [3.63, 3.8) is 0 Å². The van der Waals surface area contributed by atoms with Crippen molar-refractivity contribution in [2.75, 3.05) is 13.2 Å². The van der Waals surface area contributed by atoms with Gasteiger partial charge in [-0.3, -0.25) is 14.6 Å². The van der Waals surface area contributed by atoms with Crippen LogP contribution in [0.5, 0.6) is 0 Å². The van der Waals surface area contributed by atoms with Gasteiger partial charge in [0.2, 0.25) is 5.91 Å². The van der Waals surface area contributed by atoms with Gasteiger partial charge in [-0.05, 0) is 37.3 Å². The molecular formula is C18H20N2O4. The number of aromatic nitrogens is 1. The quantitative estimate of drug-likeness (QED) is 0.550. The first kappa shape index (κ1) is 17.5. The molecule has 2 rings (SSSR count). The minimum absolute atomic E-state index is 0.140. The number of amides is 1. The number of carbonyl (C=O) groups is 2. The third-order valence-electron chi connectivity index (χ3n) is 3.22. The van der Waals surface area contributed by atoms with E-state index < -0.39 is 0 Å². The fourth-order valence-electron chi connectivity index (χ4n) is 2.06. The normalized spacial score (nSPS) is 10.7. The molecular weight excluding hydrogens is 308 g/mol. The maximum absolute atomic E-state index is 12.4. The van der Waals surface area contributed by atoms with Crippen LogP contribution in [0.2, 0.25) is 0 Å². The molecule has 0 aliphatic rings. The third kappa shape index (κ3) is 5.72. The number of hydrogen-bond donors (Lipinski definition) is 0. The van der Waals surface area contributed by atoms with E-state index in [9.17, 15) is 9.59 Å². The van der Waals surface area contributed by atoms with Crippen LogP contribution in [0.4, 0.5) is 0 Å². The van der Waals surface area contributed by atoms with E-state index in [-0.39, 0.29) is 24.8 Å². The summed E-state index contributed by atoms with van der Waals surface area (Å²) in [6.45, 7) is 2.66. The standard InChI is InChI=1S/C18H20N2O4/c1-2-23-18(22)10-12-20(14-15-6-3-4-11-19-15)17(21)9-8-16-7-5-13-24-16/h3-9,11,13H,2,10,12,14H2,1H3/b9-8+. The highest BCUT2D eigenvalue weighted by atomic mass is 16.5. The number of pyridine rings is 1. The third-order valence-corrected chi connectivity index (χ3v) is 3.22. The first-order chi connectivity index (χ1) is 11.7. The fourth-order valence-corrected chi connectivity index (χ4v) is 2.06. The molecule has 0 bridgehead atoms. The van der Waals surface area contributed by atoms with Crippen LogP contribution in [0, 0.1) is 0 Å². The molecule has 6 nitrogen and oxygen atoms in total. The highest BCUT2D eigenvalue weighted by molar-refractivity contribution is 5.91. The smallest absolute Gasteiger partial charge is 0.307 e. The van der Waals surface area contributed by atoms with Gasteiger partial charge in [0.15, 0.2) is 0 Å². The first-order valence-corrected chi connectivity index (χ1v) is 7.75. The maximum Gasteiger partial charge on any atom is 0.307 e. The predicted molar refractivity (Wildman–Crippen MR) is 88.6 cm³/mol.